The standard InChI is InChI=1S/C9H15N3S6.3Na/c13-7(14)10-1-2-11(8(15)16)5-6-12(4-3-10)9(17)18;;;/h1-6H2,(H,13,14)(H,15,16)(H,17,18);;;/q;3*+1/p-3. The van der Waals surface area contributed by atoms with Crippen molar-refractivity contribution in [3.05, 3.63) is 0 Å². The van der Waals surface area contributed by atoms with Gasteiger partial charge in [-0.25, -0.2) is 0 Å². The van der Waals surface area contributed by atoms with E-state index >= 15 is 0 Å². The minimum absolute atomic E-state index is 0. The Morgan fingerprint density at radius 1 is 0.524 bits per heavy atom. The average Bonchev–Trinajstić information content (AvgIpc) is 2.37. The van der Waals surface area contributed by atoms with Crippen LogP contribution in [0.5, 0.6) is 0 Å². The van der Waals surface area contributed by atoms with E-state index in [0.29, 0.717) is 13.0 Å². The predicted octanol–water partition coefficient (Wildman–Crippen LogP) is -8.59. The fourth-order valence-corrected chi connectivity index (χ4v) is 2.70. The fourth-order valence-electron chi connectivity index (χ4n) is 1.61. The Hall–Kier alpha value is 3.33. The molecule has 0 unspecified atom stereocenters. The molecule has 21 heavy (non-hydrogen) atoms. The van der Waals surface area contributed by atoms with Gasteiger partial charge in [-0.3, -0.25) is 0 Å². The first-order chi connectivity index (χ1) is 8.41. The smallest absolute Gasteiger partial charge is 0.411 e. The Morgan fingerprint density at radius 3 is 0.762 bits per heavy atom. The molecule has 0 aliphatic carbocycles. The van der Waals surface area contributed by atoms with Crippen LogP contribution in [0.15, 0.2) is 0 Å². The van der Waals surface area contributed by atoms with E-state index in [4.69, 9.17) is 74.5 Å². The van der Waals surface area contributed by atoms with E-state index in [0.717, 1.165) is 39.3 Å². The number of hydrogen-bond acceptors (Lipinski definition) is 6. The van der Waals surface area contributed by atoms with Gasteiger partial charge in [0.05, 0.1) is 0 Å². The van der Waals surface area contributed by atoms with E-state index in [1.807, 2.05) is 14.7 Å². The van der Waals surface area contributed by atoms with Gasteiger partial charge in [-0.05, 0) is 0 Å². The van der Waals surface area contributed by atoms with E-state index in [1.165, 1.54) is 0 Å². The zero-order chi connectivity index (χ0) is 13.7. The van der Waals surface area contributed by atoms with Gasteiger partial charge in [0.2, 0.25) is 0 Å². The summed E-state index contributed by atoms with van der Waals surface area (Å²) in [6, 6.07) is 0. The fraction of sp³-hybridized carbons (Fsp3) is 0.667. The molecule has 0 radical (unpaired) electrons. The first-order valence-electron chi connectivity index (χ1n) is 5.29. The van der Waals surface area contributed by atoms with Gasteiger partial charge in [0.15, 0.2) is 0 Å². The van der Waals surface area contributed by atoms with Crippen LogP contribution in [0, 0.1) is 0 Å². The summed E-state index contributed by atoms with van der Waals surface area (Å²) in [5, 5.41) is 0. The molecule has 1 fully saturated rings. The molecule has 0 bridgehead atoms. The molecular formula is C9H12N3Na3S6. The van der Waals surface area contributed by atoms with Gasteiger partial charge in [-0.1, -0.05) is 13.0 Å². The largest absolute Gasteiger partial charge is 1.00 e. The van der Waals surface area contributed by atoms with Crippen LogP contribution in [0.25, 0.3) is 0 Å². The molecule has 1 aliphatic heterocycles. The maximum Gasteiger partial charge on any atom is 1.00 e. The Labute approximate surface area is 226 Å². The molecule has 3 nitrogen and oxygen atoms in total. The molecule has 12 heteroatoms. The predicted molar refractivity (Wildman–Crippen MR) is 94.6 cm³/mol. The van der Waals surface area contributed by atoms with Gasteiger partial charge in [-0.2, -0.15) is 0 Å². The summed E-state index contributed by atoms with van der Waals surface area (Å²) in [7, 11) is 0. The van der Waals surface area contributed by atoms with E-state index in [1.54, 1.807) is 0 Å². The van der Waals surface area contributed by atoms with Crippen LogP contribution in [0.4, 0.5) is 0 Å². The van der Waals surface area contributed by atoms with E-state index in [-0.39, 0.29) is 88.7 Å². The minimum atomic E-state index is 0. The van der Waals surface area contributed by atoms with Crippen molar-refractivity contribution in [3.8, 4) is 0 Å². The van der Waals surface area contributed by atoms with Crippen molar-refractivity contribution >= 4 is 87.5 Å². The van der Waals surface area contributed by atoms with Crippen LogP contribution in [0.2, 0.25) is 0 Å². The summed E-state index contributed by atoms with van der Waals surface area (Å²) in [5.41, 5.74) is 0. The maximum atomic E-state index is 5.06. The zero-order valence-electron chi connectivity index (χ0n) is 12.5. The number of rotatable bonds is 0. The Bertz CT molecular complexity index is 295. The first kappa shape index (κ1) is 29.1. The molecule has 0 spiro atoms. The average molecular weight is 424 g/mol. The summed E-state index contributed by atoms with van der Waals surface area (Å²) in [6.45, 7) is 4.40. The molecule has 1 rings (SSSR count). The summed E-state index contributed by atoms with van der Waals surface area (Å²) in [4.78, 5) is 5.87. The van der Waals surface area contributed by atoms with Crippen molar-refractivity contribution in [2.24, 2.45) is 0 Å². The van der Waals surface area contributed by atoms with E-state index in [2.05, 4.69) is 0 Å². The van der Waals surface area contributed by atoms with Gasteiger partial charge in [0, 0.05) is 39.3 Å². The van der Waals surface area contributed by atoms with Crippen LogP contribution in [0.1, 0.15) is 0 Å². The van der Waals surface area contributed by atoms with E-state index in [9.17, 15) is 0 Å². The van der Waals surface area contributed by atoms with Gasteiger partial charge < -0.3 is 89.2 Å². The molecular weight excluding hydrogens is 411 g/mol. The molecule has 1 saturated heterocycles. The monoisotopic (exact) mass is 423 g/mol. The first-order valence-corrected chi connectivity index (χ1v) is 7.74. The molecule has 0 N–H and O–H groups in total. The molecule has 1 heterocycles. The third kappa shape index (κ3) is 11.5. The third-order valence-electron chi connectivity index (χ3n) is 2.69. The van der Waals surface area contributed by atoms with Crippen LogP contribution < -0.4 is 88.7 Å². The minimum Gasteiger partial charge on any atom is -0.411 e. The van der Waals surface area contributed by atoms with Crippen molar-refractivity contribution in [3.63, 3.8) is 0 Å². The SMILES string of the molecule is S=C([S-])N1CCN(C(=S)[S-])CCN(C(=S)[S-])CC1.[Na+].[Na+].[Na+]. The van der Waals surface area contributed by atoms with Crippen LogP contribution >= 0.6 is 36.7 Å². The van der Waals surface area contributed by atoms with Gasteiger partial charge in [0.1, 0.15) is 0 Å². The number of nitrogens with zero attached hydrogens (tertiary/aromatic N) is 3. The normalized spacial score (nSPS) is 15.1. The van der Waals surface area contributed by atoms with Crippen molar-refractivity contribution in [2.75, 3.05) is 39.3 Å². The molecule has 0 saturated carbocycles. The van der Waals surface area contributed by atoms with Gasteiger partial charge in [0.25, 0.3) is 0 Å². The summed E-state index contributed by atoms with van der Waals surface area (Å²) in [6.07, 6.45) is 0. The molecule has 0 atom stereocenters. The van der Waals surface area contributed by atoms with Crippen LogP contribution in [0.3, 0.4) is 0 Å². The number of thiocarbonyl (C=S) groups is 3. The van der Waals surface area contributed by atoms with Crippen LogP contribution in [-0.2, 0) is 37.9 Å². The summed E-state index contributed by atoms with van der Waals surface area (Å²) in [5.74, 6) is 0. The quantitative estimate of drug-likeness (QED) is 0.212. The Morgan fingerprint density at radius 2 is 0.667 bits per heavy atom. The molecule has 0 aromatic rings. The van der Waals surface area contributed by atoms with Crippen molar-refractivity contribution in [2.45, 2.75) is 0 Å². The van der Waals surface area contributed by atoms with Crippen molar-refractivity contribution < 1.29 is 88.7 Å². The van der Waals surface area contributed by atoms with Crippen molar-refractivity contribution in [1.29, 1.82) is 0 Å². The second-order valence-electron chi connectivity index (χ2n) is 3.76. The maximum absolute atomic E-state index is 5.06. The summed E-state index contributed by atoms with van der Waals surface area (Å²) >= 11 is 30.4. The topological polar surface area (TPSA) is 9.72 Å². The summed E-state index contributed by atoms with van der Waals surface area (Å²) < 4.78 is 1.38. The van der Waals surface area contributed by atoms with Gasteiger partial charge >= 0.3 is 88.7 Å². The van der Waals surface area contributed by atoms with Crippen LogP contribution in [-0.4, -0.2) is 66.9 Å². The zero-order valence-corrected chi connectivity index (χ0v) is 23.4. The third-order valence-corrected chi connectivity index (χ3v) is 4.24. The molecule has 102 valence electrons. The molecule has 0 aromatic carbocycles. The molecule has 1 aliphatic rings. The Kier molecular flexibility index (Phi) is 21.6. The second kappa shape index (κ2) is 15.6. The number of hydrogen-bond donors (Lipinski definition) is 0. The van der Waals surface area contributed by atoms with Crippen molar-refractivity contribution in [1.82, 2.24) is 14.7 Å². The van der Waals surface area contributed by atoms with Gasteiger partial charge in [-0.15, -0.1) is 0 Å². The van der Waals surface area contributed by atoms with E-state index < -0.39 is 0 Å². The molecule has 0 aromatic heterocycles. The second-order valence-corrected chi connectivity index (χ2v) is 6.85. The molecule has 0 amide bonds. The Balaban J connectivity index is -0.00000108.